The highest BCUT2D eigenvalue weighted by molar-refractivity contribution is 7.89. The van der Waals surface area contributed by atoms with Gasteiger partial charge in [0.2, 0.25) is 15.9 Å². The number of aryl methyl sites for hydroxylation is 1. The van der Waals surface area contributed by atoms with Crippen LogP contribution in [0, 0.1) is 6.92 Å². The number of hydrogen-bond acceptors (Lipinski definition) is 7. The number of benzene rings is 1. The minimum atomic E-state index is -3.81. The fourth-order valence-electron chi connectivity index (χ4n) is 1.51. The zero-order chi connectivity index (χ0) is 14.0. The summed E-state index contributed by atoms with van der Waals surface area (Å²) in [6.45, 7) is 2.03. The Morgan fingerprint density at radius 2 is 2.16 bits per heavy atom. The van der Waals surface area contributed by atoms with Crippen LogP contribution in [0.15, 0.2) is 27.6 Å². The number of hydrogen-bond donors (Lipinski definition) is 3. The third-order valence-electron chi connectivity index (χ3n) is 2.33. The van der Waals surface area contributed by atoms with Gasteiger partial charge in [0.05, 0.1) is 12.2 Å². The second-order valence-corrected chi connectivity index (χ2v) is 5.42. The molecule has 0 saturated heterocycles. The Labute approximate surface area is 109 Å². The highest BCUT2D eigenvalue weighted by Gasteiger charge is 2.12. The van der Waals surface area contributed by atoms with Crippen LogP contribution in [0.25, 0.3) is 0 Å². The number of aromatic nitrogens is 2. The quantitative estimate of drug-likeness (QED) is 0.682. The number of nitrogen functional groups attached to an aromatic ring is 1. The highest BCUT2D eigenvalue weighted by atomic mass is 32.2. The smallest absolute Gasteiger partial charge is 0.245 e. The molecule has 0 unspecified atom stereocenters. The number of sulfonamides is 1. The van der Waals surface area contributed by atoms with Gasteiger partial charge in [0.25, 0.3) is 0 Å². The van der Waals surface area contributed by atoms with Gasteiger partial charge in [0, 0.05) is 5.69 Å². The molecule has 0 aliphatic rings. The third-order valence-corrected chi connectivity index (χ3v) is 3.31. The molecule has 0 spiro atoms. The van der Waals surface area contributed by atoms with Crippen LogP contribution >= 0.6 is 0 Å². The van der Waals surface area contributed by atoms with Crippen molar-refractivity contribution in [3.63, 3.8) is 0 Å². The van der Waals surface area contributed by atoms with Gasteiger partial charge in [0.15, 0.2) is 5.82 Å². The van der Waals surface area contributed by atoms with E-state index in [1.807, 2.05) is 0 Å². The number of anilines is 2. The summed E-state index contributed by atoms with van der Waals surface area (Å²) in [6, 6.07) is 4.37. The van der Waals surface area contributed by atoms with E-state index >= 15 is 0 Å². The van der Waals surface area contributed by atoms with E-state index in [0.717, 1.165) is 0 Å². The Kier molecular flexibility index (Phi) is 3.40. The summed E-state index contributed by atoms with van der Waals surface area (Å²) < 4.78 is 27.3. The average Bonchev–Trinajstić information content (AvgIpc) is 2.71. The molecule has 1 aromatic carbocycles. The molecule has 8 nitrogen and oxygen atoms in total. The normalized spacial score (nSPS) is 11.5. The molecule has 0 aliphatic heterocycles. The fraction of sp³-hybridized carbons (Fsp3) is 0.200. The van der Waals surface area contributed by atoms with Crippen LogP contribution < -0.4 is 16.2 Å². The minimum absolute atomic E-state index is 0.0780. The lowest BCUT2D eigenvalue weighted by Gasteiger charge is -2.07. The first kappa shape index (κ1) is 13.3. The van der Waals surface area contributed by atoms with Crippen LogP contribution in [0.3, 0.4) is 0 Å². The highest BCUT2D eigenvalue weighted by Crippen LogP contribution is 2.21. The summed E-state index contributed by atoms with van der Waals surface area (Å²) in [6.07, 6.45) is 0. The van der Waals surface area contributed by atoms with Crippen LogP contribution in [0.2, 0.25) is 0 Å². The molecular weight excluding hydrogens is 270 g/mol. The molecule has 0 atom stereocenters. The summed E-state index contributed by atoms with van der Waals surface area (Å²) >= 11 is 0. The van der Waals surface area contributed by atoms with Crippen LogP contribution in [0.1, 0.15) is 11.7 Å². The zero-order valence-electron chi connectivity index (χ0n) is 10.1. The van der Waals surface area contributed by atoms with Crippen LogP contribution in [0.5, 0.6) is 0 Å². The Morgan fingerprint density at radius 3 is 2.68 bits per heavy atom. The summed E-state index contributed by atoms with van der Waals surface area (Å²) in [4.78, 5) is 3.91. The Hall–Kier alpha value is -2.13. The molecule has 0 aliphatic carbocycles. The largest absolute Gasteiger partial charge is 0.398 e. The molecule has 2 aromatic rings. The van der Waals surface area contributed by atoms with Crippen LogP contribution in [-0.4, -0.2) is 18.6 Å². The van der Waals surface area contributed by atoms with Crippen LogP contribution in [0.4, 0.5) is 11.4 Å². The molecule has 1 aromatic heterocycles. The molecule has 0 amide bonds. The van der Waals surface area contributed by atoms with Crippen molar-refractivity contribution in [1.29, 1.82) is 0 Å². The van der Waals surface area contributed by atoms with E-state index in [0.29, 0.717) is 23.9 Å². The van der Waals surface area contributed by atoms with Crippen molar-refractivity contribution in [3.8, 4) is 0 Å². The molecular formula is C10H13N5O3S. The number of rotatable bonds is 4. The van der Waals surface area contributed by atoms with Crippen molar-refractivity contribution in [2.75, 3.05) is 11.1 Å². The first-order valence-electron chi connectivity index (χ1n) is 5.31. The lowest BCUT2D eigenvalue weighted by atomic mass is 10.3. The van der Waals surface area contributed by atoms with Gasteiger partial charge in [-0.05, 0) is 25.1 Å². The van der Waals surface area contributed by atoms with Crippen molar-refractivity contribution in [3.05, 3.63) is 29.9 Å². The van der Waals surface area contributed by atoms with Crippen LogP contribution in [-0.2, 0) is 16.6 Å². The standard InChI is InChI=1S/C10H13N5O3S/c1-6-14-10(18-15-6)5-13-7-2-3-9(8(11)4-7)19(12,16)17/h2-4,13H,5,11H2,1H3,(H2,12,16,17). The monoisotopic (exact) mass is 283 g/mol. The minimum Gasteiger partial charge on any atom is -0.398 e. The summed E-state index contributed by atoms with van der Waals surface area (Å²) in [7, 11) is -3.81. The molecule has 9 heteroatoms. The van der Waals surface area contributed by atoms with E-state index in [9.17, 15) is 8.42 Å². The first-order valence-corrected chi connectivity index (χ1v) is 6.86. The molecule has 2 rings (SSSR count). The lowest BCUT2D eigenvalue weighted by molar-refractivity contribution is 0.379. The number of nitrogens with two attached hydrogens (primary N) is 2. The maximum Gasteiger partial charge on any atom is 0.245 e. The van der Waals surface area contributed by atoms with Gasteiger partial charge in [0.1, 0.15) is 4.90 Å². The SMILES string of the molecule is Cc1noc(CNc2ccc(S(N)(=O)=O)c(N)c2)n1. The van der Waals surface area contributed by atoms with E-state index in [4.69, 9.17) is 15.4 Å². The van der Waals surface area contributed by atoms with Gasteiger partial charge in [-0.15, -0.1) is 0 Å². The number of primary sulfonamides is 1. The van der Waals surface area contributed by atoms with E-state index in [2.05, 4.69) is 15.5 Å². The number of nitrogens with one attached hydrogen (secondary N) is 1. The molecule has 0 fully saturated rings. The van der Waals surface area contributed by atoms with Gasteiger partial charge in [-0.2, -0.15) is 4.98 Å². The van der Waals surface area contributed by atoms with Crippen molar-refractivity contribution in [2.45, 2.75) is 18.4 Å². The second-order valence-electron chi connectivity index (χ2n) is 3.89. The first-order chi connectivity index (χ1) is 8.86. The Balaban J connectivity index is 2.12. The lowest BCUT2D eigenvalue weighted by Crippen LogP contribution is -2.14. The predicted molar refractivity (Wildman–Crippen MR) is 68.6 cm³/mol. The van der Waals surface area contributed by atoms with E-state index in [-0.39, 0.29) is 10.6 Å². The maximum absolute atomic E-state index is 11.2. The molecule has 0 saturated carbocycles. The summed E-state index contributed by atoms with van der Waals surface area (Å²) in [5.41, 5.74) is 6.33. The molecule has 0 radical (unpaired) electrons. The molecule has 19 heavy (non-hydrogen) atoms. The Bertz CT molecular complexity index is 695. The van der Waals surface area contributed by atoms with E-state index in [1.165, 1.54) is 12.1 Å². The van der Waals surface area contributed by atoms with E-state index < -0.39 is 10.0 Å². The molecule has 1 heterocycles. The summed E-state index contributed by atoms with van der Waals surface area (Å²) in [5.74, 6) is 0.965. The van der Waals surface area contributed by atoms with Gasteiger partial charge in [-0.25, -0.2) is 13.6 Å². The van der Waals surface area contributed by atoms with Gasteiger partial charge in [-0.3, -0.25) is 0 Å². The van der Waals surface area contributed by atoms with E-state index in [1.54, 1.807) is 13.0 Å². The molecule has 5 N–H and O–H groups in total. The molecule has 102 valence electrons. The van der Waals surface area contributed by atoms with Crippen molar-refractivity contribution < 1.29 is 12.9 Å². The van der Waals surface area contributed by atoms with Gasteiger partial charge in [-0.1, -0.05) is 5.16 Å². The summed E-state index contributed by atoms with van der Waals surface area (Å²) in [5, 5.41) is 11.6. The maximum atomic E-state index is 11.2. The Morgan fingerprint density at radius 1 is 1.42 bits per heavy atom. The van der Waals surface area contributed by atoms with Crippen molar-refractivity contribution in [2.24, 2.45) is 5.14 Å². The van der Waals surface area contributed by atoms with Gasteiger partial charge < -0.3 is 15.6 Å². The van der Waals surface area contributed by atoms with Crippen molar-refractivity contribution in [1.82, 2.24) is 10.1 Å². The second kappa shape index (κ2) is 4.86. The number of nitrogens with zero attached hydrogens (tertiary/aromatic N) is 2. The topological polar surface area (TPSA) is 137 Å². The van der Waals surface area contributed by atoms with Gasteiger partial charge >= 0.3 is 0 Å². The predicted octanol–water partition coefficient (Wildman–Crippen LogP) is 0.220. The fourth-order valence-corrected chi connectivity index (χ4v) is 2.15. The molecule has 0 bridgehead atoms. The average molecular weight is 283 g/mol. The zero-order valence-corrected chi connectivity index (χ0v) is 10.9. The third kappa shape index (κ3) is 3.20. The van der Waals surface area contributed by atoms with Crippen molar-refractivity contribution >= 4 is 21.4 Å².